The average Bonchev–Trinajstić information content (AvgIpc) is 2.40. The van der Waals surface area contributed by atoms with E-state index in [1.807, 2.05) is 25.1 Å². The third-order valence-electron chi connectivity index (χ3n) is 2.15. The Morgan fingerprint density at radius 1 is 1.50 bits per heavy atom. The molecule has 0 amide bonds. The van der Waals surface area contributed by atoms with Gasteiger partial charge in [-0.2, -0.15) is 0 Å². The Bertz CT molecular complexity index is 565. The van der Waals surface area contributed by atoms with Gasteiger partial charge in [0.2, 0.25) is 5.91 Å². The van der Waals surface area contributed by atoms with Crippen LogP contribution in [0.2, 0.25) is 0 Å². The van der Waals surface area contributed by atoms with Crippen molar-refractivity contribution in [1.29, 1.82) is 0 Å². The molecule has 0 saturated heterocycles. The molecule has 4 heteroatoms. The molecule has 2 aromatic rings. The molecule has 0 aliphatic heterocycles. The number of benzene rings is 1. The van der Waals surface area contributed by atoms with Crippen LogP contribution in [0.3, 0.4) is 0 Å². The Morgan fingerprint density at radius 3 is 2.86 bits per heavy atom. The highest BCUT2D eigenvalue weighted by Crippen LogP contribution is 2.15. The number of carbonyl (C=O) groups excluding carboxylic acids is 1. The molecule has 0 atom stereocenters. The van der Waals surface area contributed by atoms with E-state index in [0.29, 0.717) is 4.77 Å². The van der Waals surface area contributed by atoms with E-state index in [4.69, 9.17) is 12.2 Å². The largest absolute Gasteiger partial charge is 0.330 e. The molecule has 1 heterocycles. The molecular weight excluding hydrogens is 196 g/mol. The molecule has 0 bridgehead atoms. The lowest BCUT2D eigenvalue weighted by molar-refractivity contribution is 0.0939. The molecule has 1 N–H and O–H groups in total. The van der Waals surface area contributed by atoms with Crippen molar-refractivity contribution in [2.24, 2.45) is 0 Å². The number of imidazole rings is 1. The van der Waals surface area contributed by atoms with E-state index >= 15 is 0 Å². The minimum Gasteiger partial charge on any atom is -0.330 e. The van der Waals surface area contributed by atoms with Gasteiger partial charge in [-0.15, -0.1) is 0 Å². The van der Waals surface area contributed by atoms with Crippen LogP contribution in [0.25, 0.3) is 11.0 Å². The summed E-state index contributed by atoms with van der Waals surface area (Å²) in [5.74, 6) is -0.0631. The summed E-state index contributed by atoms with van der Waals surface area (Å²) in [4.78, 5) is 14.3. The van der Waals surface area contributed by atoms with Crippen LogP contribution in [-0.2, 0) is 0 Å². The number of hydrogen-bond acceptors (Lipinski definition) is 2. The summed E-state index contributed by atoms with van der Waals surface area (Å²) in [5.41, 5.74) is 2.86. The Balaban J connectivity index is 2.93. The van der Waals surface area contributed by atoms with E-state index in [0.717, 1.165) is 16.6 Å². The maximum atomic E-state index is 11.3. The van der Waals surface area contributed by atoms with Crippen molar-refractivity contribution in [2.75, 3.05) is 0 Å². The first-order chi connectivity index (χ1) is 6.59. The Labute approximate surface area is 86.4 Å². The van der Waals surface area contributed by atoms with Gasteiger partial charge in [0.15, 0.2) is 4.77 Å². The lowest BCUT2D eigenvalue weighted by Gasteiger charge is -1.98. The molecule has 1 aromatic carbocycles. The van der Waals surface area contributed by atoms with Crippen LogP contribution in [0.5, 0.6) is 0 Å². The fraction of sp³-hybridized carbons (Fsp3) is 0.200. The molecule has 0 spiro atoms. The van der Waals surface area contributed by atoms with E-state index in [9.17, 15) is 4.79 Å². The minimum atomic E-state index is -0.0631. The van der Waals surface area contributed by atoms with Crippen molar-refractivity contribution >= 4 is 29.2 Å². The molecule has 0 aliphatic carbocycles. The number of carbonyl (C=O) groups is 1. The zero-order valence-corrected chi connectivity index (χ0v) is 8.81. The zero-order valence-electron chi connectivity index (χ0n) is 8.00. The molecule has 2 rings (SSSR count). The number of hydrogen-bond donors (Lipinski definition) is 1. The molecule has 0 saturated carbocycles. The molecule has 14 heavy (non-hydrogen) atoms. The highest BCUT2D eigenvalue weighted by molar-refractivity contribution is 7.71. The van der Waals surface area contributed by atoms with Crippen molar-refractivity contribution in [3.63, 3.8) is 0 Å². The predicted molar refractivity (Wildman–Crippen MR) is 58.2 cm³/mol. The second-order valence-corrected chi connectivity index (χ2v) is 3.69. The van der Waals surface area contributed by atoms with E-state index < -0.39 is 0 Å². The van der Waals surface area contributed by atoms with Crippen LogP contribution in [-0.4, -0.2) is 15.5 Å². The lowest BCUT2D eigenvalue weighted by atomic mass is 10.2. The Morgan fingerprint density at radius 2 is 2.21 bits per heavy atom. The summed E-state index contributed by atoms with van der Waals surface area (Å²) in [6.45, 7) is 3.49. The quantitative estimate of drug-likeness (QED) is 0.673. The second-order valence-electron chi connectivity index (χ2n) is 3.31. The number of H-pyrrole nitrogens is 1. The number of aryl methyl sites for hydroxylation is 1. The summed E-state index contributed by atoms with van der Waals surface area (Å²) in [5, 5.41) is 0. The highest BCUT2D eigenvalue weighted by atomic mass is 32.1. The summed E-state index contributed by atoms with van der Waals surface area (Å²) >= 11 is 5.06. The first-order valence-electron chi connectivity index (χ1n) is 4.32. The van der Waals surface area contributed by atoms with Crippen LogP contribution in [0, 0.1) is 11.7 Å². The molecule has 0 radical (unpaired) electrons. The molecule has 0 fully saturated rings. The summed E-state index contributed by atoms with van der Waals surface area (Å²) in [7, 11) is 0. The predicted octanol–water partition coefficient (Wildman–Crippen LogP) is 2.67. The van der Waals surface area contributed by atoms with Gasteiger partial charge in [-0.05, 0) is 36.8 Å². The van der Waals surface area contributed by atoms with Gasteiger partial charge in [0.1, 0.15) is 0 Å². The summed E-state index contributed by atoms with van der Waals surface area (Å²) < 4.78 is 1.97. The fourth-order valence-corrected chi connectivity index (χ4v) is 1.86. The van der Waals surface area contributed by atoms with Gasteiger partial charge in [0.25, 0.3) is 0 Å². The van der Waals surface area contributed by atoms with Crippen LogP contribution in [0.1, 0.15) is 17.3 Å². The molecule has 0 aliphatic rings. The highest BCUT2D eigenvalue weighted by Gasteiger charge is 2.07. The van der Waals surface area contributed by atoms with Gasteiger partial charge in [0, 0.05) is 6.92 Å². The number of rotatable bonds is 0. The smallest absolute Gasteiger partial charge is 0.230 e. The first kappa shape index (κ1) is 9.15. The van der Waals surface area contributed by atoms with Crippen molar-refractivity contribution in [3.05, 3.63) is 28.5 Å². The Hall–Kier alpha value is -1.42. The van der Waals surface area contributed by atoms with Gasteiger partial charge in [-0.25, -0.2) is 0 Å². The number of fused-ring (bicyclic) bond motifs is 1. The number of nitrogens with zero attached hydrogens (tertiary/aromatic N) is 1. The van der Waals surface area contributed by atoms with Gasteiger partial charge in [-0.3, -0.25) is 9.36 Å². The van der Waals surface area contributed by atoms with E-state index in [2.05, 4.69) is 4.98 Å². The SMILES string of the molecule is CC(=O)n1c(=S)[nH]c2ccc(C)cc21. The third-order valence-corrected chi connectivity index (χ3v) is 2.44. The Kier molecular flexibility index (Phi) is 2.00. The summed E-state index contributed by atoms with van der Waals surface area (Å²) in [6, 6.07) is 5.86. The van der Waals surface area contributed by atoms with Crippen LogP contribution in [0.4, 0.5) is 0 Å². The summed E-state index contributed by atoms with van der Waals surface area (Å²) in [6.07, 6.45) is 0. The number of aromatic nitrogens is 2. The molecule has 0 unspecified atom stereocenters. The van der Waals surface area contributed by atoms with Crippen LogP contribution >= 0.6 is 12.2 Å². The van der Waals surface area contributed by atoms with Crippen molar-refractivity contribution in [2.45, 2.75) is 13.8 Å². The van der Waals surface area contributed by atoms with Gasteiger partial charge < -0.3 is 4.98 Å². The van der Waals surface area contributed by atoms with Crippen molar-refractivity contribution < 1.29 is 4.79 Å². The maximum Gasteiger partial charge on any atom is 0.230 e. The van der Waals surface area contributed by atoms with E-state index in [1.54, 1.807) is 0 Å². The zero-order chi connectivity index (χ0) is 10.3. The van der Waals surface area contributed by atoms with Crippen molar-refractivity contribution in [3.8, 4) is 0 Å². The molecular formula is C10H10N2OS. The van der Waals surface area contributed by atoms with E-state index in [-0.39, 0.29) is 5.91 Å². The monoisotopic (exact) mass is 206 g/mol. The number of aromatic amines is 1. The number of nitrogens with one attached hydrogen (secondary N) is 1. The van der Waals surface area contributed by atoms with Gasteiger partial charge in [0.05, 0.1) is 11.0 Å². The van der Waals surface area contributed by atoms with Gasteiger partial charge in [-0.1, -0.05) is 6.07 Å². The fourth-order valence-electron chi connectivity index (χ4n) is 1.53. The van der Waals surface area contributed by atoms with E-state index in [1.165, 1.54) is 11.5 Å². The molecule has 3 nitrogen and oxygen atoms in total. The van der Waals surface area contributed by atoms with Gasteiger partial charge >= 0.3 is 0 Å². The van der Waals surface area contributed by atoms with Crippen LogP contribution < -0.4 is 0 Å². The first-order valence-corrected chi connectivity index (χ1v) is 4.73. The standard InChI is InChI=1S/C10H10N2OS/c1-6-3-4-8-9(5-6)12(7(2)13)10(14)11-8/h3-5H,1-2H3,(H,11,14). The second kappa shape index (κ2) is 3.06. The lowest BCUT2D eigenvalue weighted by Crippen LogP contribution is -2.04. The molecule has 72 valence electrons. The topological polar surface area (TPSA) is 37.8 Å². The van der Waals surface area contributed by atoms with Crippen LogP contribution in [0.15, 0.2) is 18.2 Å². The maximum absolute atomic E-state index is 11.3. The molecule has 1 aromatic heterocycles. The minimum absolute atomic E-state index is 0.0631. The van der Waals surface area contributed by atoms with Crippen molar-refractivity contribution in [1.82, 2.24) is 9.55 Å². The average molecular weight is 206 g/mol. The normalized spacial score (nSPS) is 10.7. The third kappa shape index (κ3) is 1.28.